The Morgan fingerprint density at radius 2 is 1.71 bits per heavy atom. The Labute approximate surface area is 172 Å². The summed E-state index contributed by atoms with van der Waals surface area (Å²) in [4.78, 5) is 19.6. The molecule has 12 heteroatoms. The monoisotopic (exact) mass is 445 g/mol. The van der Waals surface area contributed by atoms with Crippen LogP contribution in [0.3, 0.4) is 0 Å². The second-order valence-electron chi connectivity index (χ2n) is 6.86. The van der Waals surface area contributed by atoms with E-state index < -0.39 is 30.1 Å². The molecule has 0 fully saturated rings. The third-order valence-electron chi connectivity index (χ3n) is 4.67. The third kappa shape index (κ3) is 4.94. The van der Waals surface area contributed by atoms with Crippen LogP contribution in [0.2, 0.25) is 0 Å². The van der Waals surface area contributed by atoms with Gasteiger partial charge in [0.1, 0.15) is 0 Å². The van der Waals surface area contributed by atoms with E-state index in [0.29, 0.717) is 11.3 Å². The lowest BCUT2D eigenvalue weighted by molar-refractivity contribution is -0.163. The second kappa shape index (κ2) is 8.16. The Balaban J connectivity index is 1.79. The zero-order chi connectivity index (χ0) is 23.0. The summed E-state index contributed by atoms with van der Waals surface area (Å²) < 4.78 is 79.7. The van der Waals surface area contributed by atoms with Crippen molar-refractivity contribution in [2.75, 3.05) is 0 Å². The molecule has 1 atom stereocenters. The van der Waals surface area contributed by atoms with Crippen molar-refractivity contribution in [3.8, 4) is 0 Å². The first kappa shape index (κ1) is 22.5. The summed E-state index contributed by atoms with van der Waals surface area (Å²) >= 11 is 0. The average molecular weight is 445 g/mol. The Kier molecular flexibility index (Phi) is 5.92. The lowest BCUT2D eigenvalue weighted by Crippen LogP contribution is -2.38. The van der Waals surface area contributed by atoms with Crippen LogP contribution in [0.5, 0.6) is 0 Å². The highest BCUT2D eigenvalue weighted by Crippen LogP contribution is 2.32. The number of alkyl halides is 6. The largest absolute Gasteiger partial charge is 0.453 e. The molecular formula is C19H17F6N5O. The fraction of sp³-hybridized carbons (Fsp3) is 0.368. The molecular weight excluding hydrogens is 428 g/mol. The average Bonchev–Trinajstić information content (AvgIpc) is 3.10. The van der Waals surface area contributed by atoms with Gasteiger partial charge in [-0.15, -0.1) is 5.10 Å². The Morgan fingerprint density at radius 1 is 1.06 bits per heavy atom. The van der Waals surface area contributed by atoms with Crippen molar-refractivity contribution in [1.29, 1.82) is 0 Å². The Morgan fingerprint density at radius 3 is 2.29 bits per heavy atom. The minimum absolute atomic E-state index is 0.0347. The highest BCUT2D eigenvalue weighted by atomic mass is 19.4. The number of amides is 1. The standard InChI is InChI=1S/C19H17F6N5O/c1-10-13(11(2)30-17(26-10)28-16(29-30)19(23,24)25)8-9-14(31)27-15(18(20,21)22)12-6-4-3-5-7-12/h3-7,15H,8-9H2,1-2H3,(H,27,31). The first-order valence-corrected chi connectivity index (χ1v) is 9.09. The van der Waals surface area contributed by atoms with E-state index in [1.165, 1.54) is 38.1 Å². The topological polar surface area (TPSA) is 72.2 Å². The number of aryl methyl sites for hydroxylation is 2. The predicted molar refractivity (Wildman–Crippen MR) is 97.0 cm³/mol. The Bertz CT molecular complexity index is 1090. The summed E-state index contributed by atoms with van der Waals surface area (Å²) in [7, 11) is 0. The molecule has 0 spiro atoms. The number of hydrogen-bond acceptors (Lipinski definition) is 4. The van der Waals surface area contributed by atoms with E-state index in [-0.39, 0.29) is 29.9 Å². The summed E-state index contributed by atoms with van der Waals surface area (Å²) in [6, 6.07) is 4.76. The molecule has 1 unspecified atom stereocenters. The minimum atomic E-state index is -4.75. The van der Waals surface area contributed by atoms with Crippen molar-refractivity contribution < 1.29 is 31.1 Å². The molecule has 0 radical (unpaired) electrons. The van der Waals surface area contributed by atoms with Gasteiger partial charge in [0.25, 0.3) is 11.6 Å². The predicted octanol–water partition coefficient (Wildman–Crippen LogP) is 4.11. The van der Waals surface area contributed by atoms with Gasteiger partial charge in [0.2, 0.25) is 5.91 Å². The molecule has 0 aliphatic rings. The van der Waals surface area contributed by atoms with Crippen LogP contribution in [0.1, 0.15) is 40.8 Å². The first-order valence-electron chi connectivity index (χ1n) is 9.09. The summed E-state index contributed by atoms with van der Waals surface area (Å²) in [6.07, 6.45) is -9.81. The maximum Gasteiger partial charge on any atom is 0.453 e. The van der Waals surface area contributed by atoms with E-state index in [1.807, 2.05) is 5.32 Å². The van der Waals surface area contributed by atoms with Crippen molar-refractivity contribution in [3.05, 3.63) is 58.7 Å². The maximum atomic E-state index is 13.4. The van der Waals surface area contributed by atoms with E-state index in [1.54, 1.807) is 6.07 Å². The number of carbonyl (C=O) groups excluding carboxylic acids is 1. The SMILES string of the molecule is Cc1nc2nc(C(F)(F)F)nn2c(C)c1CCC(=O)NC(c1ccccc1)C(F)(F)F. The normalized spacial score (nSPS) is 13.4. The molecule has 2 aromatic heterocycles. The van der Waals surface area contributed by atoms with Gasteiger partial charge in [-0.1, -0.05) is 30.3 Å². The van der Waals surface area contributed by atoms with Crippen molar-refractivity contribution in [1.82, 2.24) is 24.9 Å². The third-order valence-corrected chi connectivity index (χ3v) is 4.67. The Hall–Kier alpha value is -3.18. The van der Waals surface area contributed by atoms with E-state index in [2.05, 4.69) is 15.1 Å². The van der Waals surface area contributed by atoms with Gasteiger partial charge in [0.15, 0.2) is 6.04 Å². The molecule has 3 rings (SSSR count). The van der Waals surface area contributed by atoms with Crippen LogP contribution in [0.15, 0.2) is 30.3 Å². The molecule has 1 N–H and O–H groups in total. The number of halogens is 6. The van der Waals surface area contributed by atoms with E-state index in [0.717, 1.165) is 4.52 Å². The summed E-state index contributed by atoms with van der Waals surface area (Å²) in [5.41, 5.74) is 0.883. The molecule has 1 amide bonds. The molecule has 3 aromatic rings. The van der Waals surface area contributed by atoms with Gasteiger partial charge in [-0.05, 0) is 31.4 Å². The van der Waals surface area contributed by atoms with Gasteiger partial charge in [-0.2, -0.15) is 31.3 Å². The lowest BCUT2D eigenvalue weighted by Gasteiger charge is -2.22. The molecule has 0 aliphatic heterocycles. The number of rotatable bonds is 5. The summed E-state index contributed by atoms with van der Waals surface area (Å²) in [5.74, 6) is -2.47. The summed E-state index contributed by atoms with van der Waals surface area (Å²) in [6.45, 7) is 3.00. The van der Waals surface area contributed by atoms with E-state index in [9.17, 15) is 31.1 Å². The van der Waals surface area contributed by atoms with Crippen LogP contribution in [0.25, 0.3) is 5.78 Å². The highest BCUT2D eigenvalue weighted by Gasteiger charge is 2.41. The van der Waals surface area contributed by atoms with Crippen LogP contribution in [0.4, 0.5) is 26.3 Å². The van der Waals surface area contributed by atoms with Crippen molar-refractivity contribution in [3.63, 3.8) is 0 Å². The highest BCUT2D eigenvalue weighted by molar-refractivity contribution is 5.77. The molecule has 2 heterocycles. The van der Waals surface area contributed by atoms with Crippen LogP contribution in [0, 0.1) is 13.8 Å². The molecule has 0 bridgehead atoms. The number of hydrogen-bond donors (Lipinski definition) is 1. The number of carbonyl (C=O) groups is 1. The molecule has 6 nitrogen and oxygen atoms in total. The molecule has 31 heavy (non-hydrogen) atoms. The smallest absolute Gasteiger partial charge is 0.341 e. The number of fused-ring (bicyclic) bond motifs is 1. The molecule has 0 saturated carbocycles. The van der Waals surface area contributed by atoms with Crippen LogP contribution in [-0.2, 0) is 17.4 Å². The van der Waals surface area contributed by atoms with Crippen LogP contribution < -0.4 is 5.32 Å². The second-order valence-corrected chi connectivity index (χ2v) is 6.86. The molecule has 0 saturated heterocycles. The minimum Gasteiger partial charge on any atom is -0.341 e. The molecule has 1 aromatic carbocycles. The van der Waals surface area contributed by atoms with Gasteiger partial charge in [0.05, 0.1) is 0 Å². The van der Waals surface area contributed by atoms with Crippen molar-refractivity contribution in [2.24, 2.45) is 0 Å². The van der Waals surface area contributed by atoms with Gasteiger partial charge in [0, 0.05) is 17.8 Å². The van der Waals surface area contributed by atoms with E-state index >= 15 is 0 Å². The number of aromatic nitrogens is 4. The van der Waals surface area contributed by atoms with E-state index in [4.69, 9.17) is 0 Å². The van der Waals surface area contributed by atoms with Gasteiger partial charge in [-0.3, -0.25) is 4.79 Å². The van der Waals surface area contributed by atoms with Gasteiger partial charge in [-0.25, -0.2) is 9.50 Å². The number of benzene rings is 1. The lowest BCUT2D eigenvalue weighted by atomic mass is 10.0. The van der Waals surface area contributed by atoms with Crippen molar-refractivity contribution in [2.45, 2.75) is 45.1 Å². The van der Waals surface area contributed by atoms with Crippen molar-refractivity contribution >= 4 is 11.7 Å². The zero-order valence-corrected chi connectivity index (χ0v) is 16.3. The first-order chi connectivity index (χ1) is 14.4. The van der Waals surface area contributed by atoms with Gasteiger partial charge < -0.3 is 5.32 Å². The fourth-order valence-electron chi connectivity index (χ4n) is 3.16. The molecule has 166 valence electrons. The maximum absolute atomic E-state index is 13.4. The number of nitrogens with zero attached hydrogens (tertiary/aromatic N) is 4. The quantitative estimate of drug-likeness (QED) is 0.600. The number of nitrogens with one attached hydrogen (secondary N) is 1. The molecule has 0 aliphatic carbocycles. The summed E-state index contributed by atoms with van der Waals surface area (Å²) in [5, 5.41) is 5.38. The van der Waals surface area contributed by atoms with Crippen LogP contribution in [-0.4, -0.2) is 31.7 Å². The van der Waals surface area contributed by atoms with Gasteiger partial charge >= 0.3 is 12.4 Å². The fourth-order valence-corrected chi connectivity index (χ4v) is 3.16. The zero-order valence-electron chi connectivity index (χ0n) is 16.3. The van der Waals surface area contributed by atoms with Crippen LogP contribution >= 0.6 is 0 Å².